The van der Waals surface area contributed by atoms with Crippen LogP contribution in [0.4, 0.5) is 5.69 Å². The van der Waals surface area contributed by atoms with E-state index in [-0.39, 0.29) is 6.54 Å². The molecule has 0 unspecified atom stereocenters. The maximum absolute atomic E-state index is 11.8. The fourth-order valence-corrected chi connectivity index (χ4v) is 2.02. The van der Waals surface area contributed by atoms with Gasteiger partial charge in [0.05, 0.1) is 17.8 Å². The van der Waals surface area contributed by atoms with Gasteiger partial charge >= 0.3 is 0 Å². The monoisotopic (exact) mass is 249 g/mol. The molecule has 0 saturated carbocycles. The van der Waals surface area contributed by atoms with Crippen LogP contribution in [0.2, 0.25) is 0 Å². The third-order valence-corrected chi connectivity index (χ3v) is 2.89. The summed E-state index contributed by atoms with van der Waals surface area (Å²) < 4.78 is 0. The average molecular weight is 250 g/mol. The van der Waals surface area contributed by atoms with Crippen molar-refractivity contribution in [2.75, 3.05) is 11.4 Å². The Kier molecular flexibility index (Phi) is 3.03. The predicted molar refractivity (Wildman–Crippen MR) is 67.5 cm³/mol. The minimum atomic E-state index is -0.532. The number of hydrogen-bond acceptors (Lipinski definition) is 2. The van der Waals surface area contributed by atoms with Crippen LogP contribution in [0.3, 0.4) is 0 Å². The Balaban J connectivity index is 2.47. The molecule has 3 nitrogen and oxygen atoms in total. The number of amides is 1. The summed E-state index contributed by atoms with van der Waals surface area (Å²) in [5.74, 6) is -0.997. The topological polar surface area (TPSA) is 37.4 Å². The van der Waals surface area contributed by atoms with Gasteiger partial charge in [-0.1, -0.05) is 31.2 Å². The predicted octanol–water partition coefficient (Wildman–Crippen LogP) is 2.53. The quantitative estimate of drug-likeness (QED) is 0.772. The normalized spacial score (nSPS) is 14.1. The first-order valence-corrected chi connectivity index (χ1v) is 5.74. The fourth-order valence-electron chi connectivity index (χ4n) is 1.90. The molecule has 4 heteroatoms. The summed E-state index contributed by atoms with van der Waals surface area (Å²) in [4.78, 5) is 24.9. The van der Waals surface area contributed by atoms with Gasteiger partial charge in [0.2, 0.25) is 0 Å². The number of aryl methyl sites for hydroxylation is 1. The average Bonchev–Trinajstić information content (AvgIpc) is 2.54. The lowest BCUT2D eigenvalue weighted by Gasteiger charge is -2.15. The molecule has 1 aliphatic rings. The molecule has 1 amide bonds. The van der Waals surface area contributed by atoms with Crippen LogP contribution in [-0.2, 0) is 11.2 Å². The van der Waals surface area contributed by atoms with E-state index in [2.05, 4.69) is 6.58 Å². The number of rotatable bonds is 3. The smallest absolute Gasteiger partial charge is 0.299 e. The van der Waals surface area contributed by atoms with Gasteiger partial charge in [-0.05, 0) is 24.1 Å². The molecule has 0 saturated heterocycles. The van der Waals surface area contributed by atoms with Crippen LogP contribution in [0, 0.1) is 0 Å². The van der Waals surface area contributed by atoms with Crippen LogP contribution in [-0.4, -0.2) is 18.2 Å². The van der Waals surface area contributed by atoms with Crippen molar-refractivity contribution in [3.8, 4) is 0 Å². The number of Topliss-reactive ketones (excluding diaryl/α,β-unsaturated/α-hetero) is 1. The van der Waals surface area contributed by atoms with Crippen molar-refractivity contribution in [2.45, 2.75) is 13.3 Å². The van der Waals surface area contributed by atoms with E-state index in [1.807, 2.05) is 13.0 Å². The van der Waals surface area contributed by atoms with Gasteiger partial charge in [-0.2, -0.15) is 0 Å². The van der Waals surface area contributed by atoms with Gasteiger partial charge in [0, 0.05) is 5.03 Å². The lowest BCUT2D eigenvalue weighted by molar-refractivity contribution is -0.114. The molecule has 0 N–H and O–H groups in total. The molecule has 0 fully saturated rings. The molecule has 17 heavy (non-hydrogen) atoms. The number of halogens is 1. The van der Waals surface area contributed by atoms with Gasteiger partial charge in [-0.3, -0.25) is 14.5 Å². The van der Waals surface area contributed by atoms with Crippen molar-refractivity contribution in [3.05, 3.63) is 40.9 Å². The second-order valence-corrected chi connectivity index (χ2v) is 4.48. The van der Waals surface area contributed by atoms with Crippen LogP contribution < -0.4 is 4.90 Å². The van der Waals surface area contributed by atoms with E-state index < -0.39 is 11.7 Å². The molecule has 0 bridgehead atoms. The number of anilines is 1. The molecule has 0 aliphatic carbocycles. The summed E-state index contributed by atoms with van der Waals surface area (Å²) >= 11 is 5.70. The van der Waals surface area contributed by atoms with Crippen molar-refractivity contribution in [1.82, 2.24) is 0 Å². The molecule has 0 aromatic heterocycles. The fraction of sp³-hybridized carbons (Fsp3) is 0.231. The third kappa shape index (κ3) is 1.98. The number of fused-ring (bicyclic) bond motifs is 1. The van der Waals surface area contributed by atoms with Crippen LogP contribution in [0.15, 0.2) is 29.8 Å². The van der Waals surface area contributed by atoms with E-state index in [0.29, 0.717) is 16.3 Å². The lowest BCUT2D eigenvalue weighted by Crippen LogP contribution is -2.30. The zero-order valence-electron chi connectivity index (χ0n) is 9.50. The Morgan fingerprint density at radius 1 is 1.41 bits per heavy atom. The highest BCUT2D eigenvalue weighted by Gasteiger charge is 2.35. The first kappa shape index (κ1) is 11.9. The molecule has 2 rings (SSSR count). The minimum Gasteiger partial charge on any atom is -0.299 e. The highest BCUT2D eigenvalue weighted by Crippen LogP contribution is 2.30. The van der Waals surface area contributed by atoms with Gasteiger partial charge in [0.25, 0.3) is 11.7 Å². The Morgan fingerprint density at radius 3 is 2.71 bits per heavy atom. The third-order valence-electron chi connectivity index (χ3n) is 2.77. The van der Waals surface area contributed by atoms with E-state index in [9.17, 15) is 9.59 Å². The van der Waals surface area contributed by atoms with E-state index in [0.717, 1.165) is 12.0 Å². The summed E-state index contributed by atoms with van der Waals surface area (Å²) in [6.07, 6.45) is 0.830. The Hall–Kier alpha value is -1.61. The summed E-state index contributed by atoms with van der Waals surface area (Å²) in [6.45, 7) is 5.72. The Labute approximate surface area is 105 Å². The zero-order chi connectivity index (χ0) is 12.6. The molecule has 0 spiro atoms. The van der Waals surface area contributed by atoms with Gasteiger partial charge in [0.1, 0.15) is 0 Å². The standard InChI is InChI=1S/C13H12ClNO2/c1-3-9-4-5-11-10(6-9)12(16)13(17)15(11)7-8(2)14/h4-6H,2-3,7H2,1H3. The molecule has 1 aromatic rings. The lowest BCUT2D eigenvalue weighted by atomic mass is 10.1. The Morgan fingerprint density at radius 2 is 2.12 bits per heavy atom. The van der Waals surface area contributed by atoms with E-state index in [1.165, 1.54) is 4.90 Å². The number of nitrogens with zero attached hydrogens (tertiary/aromatic N) is 1. The van der Waals surface area contributed by atoms with E-state index >= 15 is 0 Å². The highest BCUT2D eigenvalue weighted by atomic mass is 35.5. The van der Waals surface area contributed by atoms with Gasteiger partial charge in [0.15, 0.2) is 0 Å². The second kappa shape index (κ2) is 4.34. The summed E-state index contributed by atoms with van der Waals surface area (Å²) in [6, 6.07) is 5.47. The largest absolute Gasteiger partial charge is 0.299 e. The summed E-state index contributed by atoms with van der Waals surface area (Å²) in [5.41, 5.74) is 2.13. The first-order valence-electron chi connectivity index (χ1n) is 5.37. The molecule has 0 atom stereocenters. The van der Waals surface area contributed by atoms with Crippen molar-refractivity contribution < 1.29 is 9.59 Å². The molecule has 0 radical (unpaired) electrons. The minimum absolute atomic E-state index is 0.171. The van der Waals surface area contributed by atoms with E-state index in [1.54, 1.807) is 12.1 Å². The molecule has 1 aromatic carbocycles. The van der Waals surface area contributed by atoms with Gasteiger partial charge in [-0.15, -0.1) is 0 Å². The van der Waals surface area contributed by atoms with Crippen LogP contribution >= 0.6 is 11.6 Å². The van der Waals surface area contributed by atoms with Crippen LogP contribution in [0.1, 0.15) is 22.8 Å². The highest BCUT2D eigenvalue weighted by molar-refractivity contribution is 6.52. The van der Waals surface area contributed by atoms with Crippen LogP contribution in [0.25, 0.3) is 0 Å². The number of carbonyl (C=O) groups is 2. The zero-order valence-corrected chi connectivity index (χ0v) is 10.3. The maximum Gasteiger partial charge on any atom is 0.299 e. The number of hydrogen-bond donors (Lipinski definition) is 0. The van der Waals surface area contributed by atoms with E-state index in [4.69, 9.17) is 11.6 Å². The molecule has 1 heterocycles. The second-order valence-electron chi connectivity index (χ2n) is 3.94. The first-order chi connectivity index (χ1) is 8.04. The van der Waals surface area contributed by atoms with Crippen molar-refractivity contribution in [1.29, 1.82) is 0 Å². The number of carbonyl (C=O) groups excluding carboxylic acids is 2. The van der Waals surface area contributed by atoms with Crippen LogP contribution in [0.5, 0.6) is 0 Å². The maximum atomic E-state index is 11.8. The SMILES string of the molecule is C=C(Cl)CN1C(=O)C(=O)c2cc(CC)ccc21. The van der Waals surface area contributed by atoms with Crippen molar-refractivity contribution in [2.24, 2.45) is 0 Å². The van der Waals surface area contributed by atoms with Gasteiger partial charge < -0.3 is 0 Å². The molecule has 88 valence electrons. The van der Waals surface area contributed by atoms with Crippen molar-refractivity contribution in [3.63, 3.8) is 0 Å². The van der Waals surface area contributed by atoms with Crippen molar-refractivity contribution >= 4 is 29.0 Å². The molecule has 1 aliphatic heterocycles. The summed E-state index contributed by atoms with van der Waals surface area (Å²) in [7, 11) is 0. The Bertz CT molecular complexity index is 522. The number of ketones is 1. The molecular weight excluding hydrogens is 238 g/mol. The number of benzene rings is 1. The summed E-state index contributed by atoms with van der Waals surface area (Å²) in [5, 5.41) is 0.332. The molecular formula is C13H12ClNO2. The van der Waals surface area contributed by atoms with Gasteiger partial charge in [-0.25, -0.2) is 0 Å².